The molecule has 1 aromatic heterocycles. The van der Waals surface area contributed by atoms with Gasteiger partial charge >= 0.3 is 0 Å². The van der Waals surface area contributed by atoms with Gasteiger partial charge in [-0.1, -0.05) is 41.1 Å². The lowest BCUT2D eigenvalue weighted by Gasteiger charge is -2.09. The summed E-state index contributed by atoms with van der Waals surface area (Å²) < 4.78 is 1.88. The van der Waals surface area contributed by atoms with Gasteiger partial charge in [-0.15, -0.1) is 0 Å². The van der Waals surface area contributed by atoms with Crippen LogP contribution in [0.4, 0.5) is 5.82 Å². The highest BCUT2D eigenvalue weighted by Gasteiger charge is 2.08. The quantitative estimate of drug-likeness (QED) is 0.861. The van der Waals surface area contributed by atoms with Crippen LogP contribution in [0.15, 0.2) is 39.4 Å². The Morgan fingerprint density at radius 3 is 2.67 bits per heavy atom. The molecule has 94 valence electrons. The Bertz CT molecular complexity index is 544. The fraction of sp³-hybridized carbons (Fsp3) is 0.231. The number of rotatable bonds is 4. The van der Waals surface area contributed by atoms with Crippen molar-refractivity contribution in [3.8, 4) is 11.4 Å². The van der Waals surface area contributed by atoms with Crippen LogP contribution in [0.1, 0.15) is 13.3 Å². The van der Waals surface area contributed by atoms with Crippen LogP contribution in [0.25, 0.3) is 11.4 Å². The molecule has 18 heavy (non-hydrogen) atoms. The molecule has 2 rings (SSSR count). The van der Waals surface area contributed by atoms with Gasteiger partial charge in [0.05, 0.1) is 4.47 Å². The number of nitrogens with one attached hydrogen (secondary N) is 1. The van der Waals surface area contributed by atoms with E-state index < -0.39 is 0 Å². The number of nitrogens with zero attached hydrogens (tertiary/aromatic N) is 2. The van der Waals surface area contributed by atoms with Gasteiger partial charge in [-0.25, -0.2) is 9.97 Å². The van der Waals surface area contributed by atoms with E-state index in [1.165, 1.54) is 0 Å². The first kappa shape index (κ1) is 13.5. The van der Waals surface area contributed by atoms with Crippen LogP contribution in [0.3, 0.4) is 0 Å². The standard InChI is InChI=1S/C13H13Br2N3/c1-2-7-16-13-11(15)8-17-12(18-13)9-5-3-4-6-10(9)14/h3-6,8H,2,7H2,1H3,(H,16,17,18). The summed E-state index contributed by atoms with van der Waals surface area (Å²) in [5, 5.41) is 3.28. The topological polar surface area (TPSA) is 37.8 Å². The molecule has 0 aliphatic carbocycles. The molecule has 1 heterocycles. The summed E-state index contributed by atoms with van der Waals surface area (Å²) in [6, 6.07) is 7.93. The molecule has 1 aromatic carbocycles. The Morgan fingerprint density at radius 1 is 1.17 bits per heavy atom. The third-order valence-corrected chi connectivity index (χ3v) is 3.67. The van der Waals surface area contributed by atoms with E-state index in [0.29, 0.717) is 5.82 Å². The number of aromatic nitrogens is 2. The molecule has 0 unspecified atom stereocenters. The number of hydrogen-bond donors (Lipinski definition) is 1. The van der Waals surface area contributed by atoms with Crippen molar-refractivity contribution >= 4 is 37.7 Å². The molecular formula is C13H13Br2N3. The third-order valence-electron chi connectivity index (χ3n) is 2.40. The first-order chi connectivity index (χ1) is 8.72. The van der Waals surface area contributed by atoms with Crippen molar-refractivity contribution in [1.82, 2.24) is 9.97 Å². The Morgan fingerprint density at radius 2 is 1.94 bits per heavy atom. The predicted molar refractivity (Wildman–Crippen MR) is 81.6 cm³/mol. The second-order valence-electron chi connectivity index (χ2n) is 3.80. The molecule has 0 amide bonds. The van der Waals surface area contributed by atoms with E-state index in [1.807, 2.05) is 24.3 Å². The lowest BCUT2D eigenvalue weighted by molar-refractivity contribution is 0.963. The SMILES string of the molecule is CCCNc1nc(-c2ccccc2Br)ncc1Br. The van der Waals surface area contributed by atoms with E-state index in [0.717, 1.165) is 33.3 Å². The van der Waals surface area contributed by atoms with Gasteiger partial charge in [0.25, 0.3) is 0 Å². The van der Waals surface area contributed by atoms with Gasteiger partial charge in [0.1, 0.15) is 5.82 Å². The lowest BCUT2D eigenvalue weighted by Crippen LogP contribution is -2.04. The van der Waals surface area contributed by atoms with Crippen LogP contribution < -0.4 is 5.32 Å². The summed E-state index contributed by atoms with van der Waals surface area (Å²) in [4.78, 5) is 8.89. The largest absolute Gasteiger partial charge is 0.369 e. The minimum Gasteiger partial charge on any atom is -0.369 e. The first-order valence-electron chi connectivity index (χ1n) is 5.73. The van der Waals surface area contributed by atoms with Gasteiger partial charge in [-0.05, 0) is 28.4 Å². The molecule has 0 fully saturated rings. The van der Waals surface area contributed by atoms with E-state index in [9.17, 15) is 0 Å². The van der Waals surface area contributed by atoms with Gasteiger partial charge in [0, 0.05) is 22.8 Å². The average molecular weight is 371 g/mol. The number of benzene rings is 1. The maximum Gasteiger partial charge on any atom is 0.162 e. The van der Waals surface area contributed by atoms with Crippen molar-refractivity contribution in [2.45, 2.75) is 13.3 Å². The summed E-state index contributed by atoms with van der Waals surface area (Å²) in [7, 11) is 0. The zero-order valence-electron chi connectivity index (χ0n) is 9.95. The van der Waals surface area contributed by atoms with E-state index in [4.69, 9.17) is 0 Å². The fourth-order valence-corrected chi connectivity index (χ4v) is 2.30. The Labute approximate surface area is 123 Å². The second kappa shape index (κ2) is 6.29. The van der Waals surface area contributed by atoms with E-state index in [1.54, 1.807) is 6.20 Å². The molecule has 0 aliphatic rings. The van der Waals surface area contributed by atoms with Crippen molar-refractivity contribution in [2.24, 2.45) is 0 Å². The van der Waals surface area contributed by atoms with E-state index in [-0.39, 0.29) is 0 Å². The lowest BCUT2D eigenvalue weighted by atomic mass is 10.2. The fourth-order valence-electron chi connectivity index (χ4n) is 1.51. The molecule has 0 saturated heterocycles. The highest BCUT2D eigenvalue weighted by molar-refractivity contribution is 9.11. The van der Waals surface area contributed by atoms with Crippen molar-refractivity contribution in [3.05, 3.63) is 39.4 Å². The summed E-state index contributed by atoms with van der Waals surface area (Å²) in [6.45, 7) is 3.02. The monoisotopic (exact) mass is 369 g/mol. The summed E-state index contributed by atoms with van der Waals surface area (Å²) in [5.41, 5.74) is 0.990. The first-order valence-corrected chi connectivity index (χ1v) is 7.32. The average Bonchev–Trinajstić information content (AvgIpc) is 2.39. The normalized spacial score (nSPS) is 10.4. The van der Waals surface area contributed by atoms with Gasteiger partial charge in [-0.2, -0.15) is 0 Å². The molecule has 0 aliphatic heterocycles. The summed E-state index contributed by atoms with van der Waals surface area (Å²) >= 11 is 6.97. The molecule has 0 saturated carbocycles. The Balaban J connectivity index is 2.38. The highest BCUT2D eigenvalue weighted by Crippen LogP contribution is 2.28. The summed E-state index contributed by atoms with van der Waals surface area (Å²) in [5.74, 6) is 1.54. The number of hydrogen-bond acceptors (Lipinski definition) is 3. The molecular weight excluding hydrogens is 358 g/mol. The van der Waals surface area contributed by atoms with Gasteiger partial charge < -0.3 is 5.32 Å². The smallest absolute Gasteiger partial charge is 0.162 e. The molecule has 5 heteroatoms. The Kier molecular flexibility index (Phi) is 4.72. The van der Waals surface area contributed by atoms with Crippen LogP contribution in [-0.4, -0.2) is 16.5 Å². The maximum absolute atomic E-state index is 4.54. The van der Waals surface area contributed by atoms with Crippen molar-refractivity contribution < 1.29 is 0 Å². The molecule has 1 N–H and O–H groups in total. The van der Waals surface area contributed by atoms with Crippen LogP contribution in [-0.2, 0) is 0 Å². The molecule has 0 spiro atoms. The summed E-state index contributed by atoms with van der Waals surface area (Å²) in [6.07, 6.45) is 2.83. The zero-order valence-corrected chi connectivity index (χ0v) is 13.1. The number of anilines is 1. The van der Waals surface area contributed by atoms with Gasteiger partial charge in [0.15, 0.2) is 5.82 Å². The van der Waals surface area contributed by atoms with Gasteiger partial charge in [-0.3, -0.25) is 0 Å². The molecule has 0 radical (unpaired) electrons. The van der Waals surface area contributed by atoms with E-state index in [2.05, 4.69) is 54.1 Å². The van der Waals surface area contributed by atoms with E-state index >= 15 is 0 Å². The molecule has 2 aromatic rings. The van der Waals surface area contributed by atoms with Crippen molar-refractivity contribution in [3.63, 3.8) is 0 Å². The van der Waals surface area contributed by atoms with Gasteiger partial charge in [0.2, 0.25) is 0 Å². The van der Waals surface area contributed by atoms with Crippen molar-refractivity contribution in [2.75, 3.05) is 11.9 Å². The minimum absolute atomic E-state index is 0.712. The van der Waals surface area contributed by atoms with Crippen LogP contribution in [0, 0.1) is 0 Å². The van der Waals surface area contributed by atoms with Crippen LogP contribution >= 0.6 is 31.9 Å². The van der Waals surface area contributed by atoms with Crippen LogP contribution in [0.2, 0.25) is 0 Å². The highest BCUT2D eigenvalue weighted by atomic mass is 79.9. The molecule has 0 atom stereocenters. The zero-order chi connectivity index (χ0) is 13.0. The molecule has 0 bridgehead atoms. The Hall–Kier alpha value is -0.940. The predicted octanol–water partition coefficient (Wildman–Crippen LogP) is 4.49. The third kappa shape index (κ3) is 3.09. The van der Waals surface area contributed by atoms with Crippen LogP contribution in [0.5, 0.6) is 0 Å². The minimum atomic E-state index is 0.712. The molecule has 3 nitrogen and oxygen atoms in total. The van der Waals surface area contributed by atoms with Crippen molar-refractivity contribution in [1.29, 1.82) is 0 Å². The second-order valence-corrected chi connectivity index (χ2v) is 5.51. The maximum atomic E-state index is 4.54. The number of halogens is 2.